The second-order valence-corrected chi connectivity index (χ2v) is 6.23. The number of nitrogens with zero attached hydrogens (tertiary/aromatic N) is 1. The maximum atomic E-state index is 9.91. The smallest absolute Gasteiger partial charge is 0.123 e. The molecule has 96 valence electrons. The highest BCUT2D eigenvalue weighted by Gasteiger charge is 2.19. The average molecular weight is 261 g/mol. The number of hydrogen-bond donors (Lipinski definition) is 1. The maximum absolute atomic E-state index is 9.91. The summed E-state index contributed by atoms with van der Waals surface area (Å²) in [4.78, 5) is 4.49. The van der Waals surface area contributed by atoms with E-state index in [2.05, 4.69) is 43.1 Å². The van der Waals surface area contributed by atoms with Crippen LogP contribution < -0.4 is 0 Å². The van der Waals surface area contributed by atoms with Gasteiger partial charge in [-0.3, -0.25) is 0 Å². The highest BCUT2D eigenvalue weighted by Crippen LogP contribution is 2.29. The van der Waals surface area contributed by atoms with Gasteiger partial charge >= 0.3 is 0 Å². The monoisotopic (exact) mass is 261 g/mol. The van der Waals surface area contributed by atoms with Gasteiger partial charge in [-0.1, -0.05) is 38.1 Å². The number of hydrogen-bond acceptors (Lipinski definition) is 3. The van der Waals surface area contributed by atoms with E-state index in [0.29, 0.717) is 5.92 Å². The molecule has 0 fully saturated rings. The molecule has 2 aromatic rings. The van der Waals surface area contributed by atoms with E-state index in [1.54, 1.807) is 25.2 Å². The van der Waals surface area contributed by atoms with Crippen LogP contribution in [0.4, 0.5) is 0 Å². The van der Waals surface area contributed by atoms with Gasteiger partial charge in [-0.05, 0) is 25.3 Å². The van der Waals surface area contributed by atoms with Crippen LogP contribution in [0.3, 0.4) is 0 Å². The van der Waals surface area contributed by atoms with Gasteiger partial charge in [0.25, 0.3) is 0 Å². The van der Waals surface area contributed by atoms with Crippen molar-refractivity contribution in [2.45, 2.75) is 39.2 Å². The summed E-state index contributed by atoms with van der Waals surface area (Å²) in [7, 11) is 0. The first-order valence-corrected chi connectivity index (χ1v) is 7.04. The molecular formula is C15H19NOS. The summed E-state index contributed by atoms with van der Waals surface area (Å²) in [5, 5.41) is 12.8. The van der Waals surface area contributed by atoms with Gasteiger partial charge in [-0.2, -0.15) is 0 Å². The Morgan fingerprint density at radius 3 is 2.22 bits per heavy atom. The van der Waals surface area contributed by atoms with Crippen LogP contribution in [0, 0.1) is 0 Å². The van der Waals surface area contributed by atoms with E-state index >= 15 is 0 Å². The van der Waals surface area contributed by atoms with Crippen LogP contribution >= 0.6 is 11.3 Å². The van der Waals surface area contributed by atoms with E-state index in [1.165, 1.54) is 5.56 Å². The molecule has 0 aliphatic rings. The number of rotatable bonds is 3. The Hall–Kier alpha value is -1.19. The van der Waals surface area contributed by atoms with Crippen LogP contribution in [0.2, 0.25) is 0 Å². The fourth-order valence-electron chi connectivity index (χ4n) is 1.70. The Labute approximate surface area is 112 Å². The number of aliphatic hydroxyl groups is 1. The van der Waals surface area contributed by atoms with Crippen molar-refractivity contribution in [2.24, 2.45) is 0 Å². The van der Waals surface area contributed by atoms with Crippen molar-refractivity contribution >= 4 is 11.3 Å². The Morgan fingerprint density at radius 1 is 1.17 bits per heavy atom. The predicted octanol–water partition coefficient (Wildman–Crippen LogP) is 4.16. The van der Waals surface area contributed by atoms with Crippen LogP contribution in [0.15, 0.2) is 29.6 Å². The summed E-state index contributed by atoms with van der Waals surface area (Å²) in [5.74, 6) is 0.544. The van der Waals surface area contributed by atoms with E-state index in [4.69, 9.17) is 0 Å². The molecule has 2 nitrogen and oxygen atoms in total. The first-order chi connectivity index (χ1) is 8.38. The highest BCUT2D eigenvalue weighted by molar-refractivity contribution is 7.13. The summed E-state index contributed by atoms with van der Waals surface area (Å²) < 4.78 is 0. The van der Waals surface area contributed by atoms with Crippen LogP contribution in [-0.4, -0.2) is 10.1 Å². The normalized spacial score (nSPS) is 12.1. The second-order valence-electron chi connectivity index (χ2n) is 5.37. The van der Waals surface area contributed by atoms with Gasteiger partial charge < -0.3 is 5.11 Å². The van der Waals surface area contributed by atoms with E-state index in [0.717, 1.165) is 16.3 Å². The summed E-state index contributed by atoms with van der Waals surface area (Å²) >= 11 is 1.57. The van der Waals surface area contributed by atoms with Crippen molar-refractivity contribution < 1.29 is 5.11 Å². The van der Waals surface area contributed by atoms with Crippen LogP contribution in [0.25, 0.3) is 10.6 Å². The number of aromatic nitrogens is 1. The lowest BCUT2D eigenvalue weighted by molar-refractivity contribution is 0.0746. The van der Waals surface area contributed by atoms with Gasteiger partial charge in [0, 0.05) is 10.9 Å². The van der Waals surface area contributed by atoms with Crippen molar-refractivity contribution in [3.63, 3.8) is 0 Å². The van der Waals surface area contributed by atoms with Gasteiger partial charge in [0.2, 0.25) is 0 Å². The quantitative estimate of drug-likeness (QED) is 0.900. The molecule has 18 heavy (non-hydrogen) atoms. The zero-order valence-corrected chi connectivity index (χ0v) is 12.1. The molecule has 0 aliphatic heterocycles. The highest BCUT2D eigenvalue weighted by atomic mass is 32.1. The predicted molar refractivity (Wildman–Crippen MR) is 76.9 cm³/mol. The second kappa shape index (κ2) is 4.82. The Kier molecular flexibility index (Phi) is 3.55. The molecule has 0 saturated carbocycles. The molecule has 1 heterocycles. The molecule has 0 saturated heterocycles. The molecule has 0 atom stereocenters. The molecule has 3 heteroatoms. The average Bonchev–Trinajstić information content (AvgIpc) is 2.78. The van der Waals surface area contributed by atoms with E-state index in [9.17, 15) is 5.11 Å². The Balaban J connectivity index is 2.29. The van der Waals surface area contributed by atoms with E-state index in [-0.39, 0.29) is 0 Å². The van der Waals surface area contributed by atoms with Gasteiger partial charge in [0.15, 0.2) is 0 Å². The maximum Gasteiger partial charge on any atom is 0.123 e. The summed E-state index contributed by atoms with van der Waals surface area (Å²) in [6.45, 7) is 7.89. The lowest BCUT2D eigenvalue weighted by Crippen LogP contribution is -2.15. The molecule has 0 amide bonds. The molecule has 1 aromatic heterocycles. The molecule has 1 aromatic carbocycles. The van der Waals surface area contributed by atoms with Crippen LogP contribution in [-0.2, 0) is 5.60 Å². The number of benzene rings is 1. The van der Waals surface area contributed by atoms with Gasteiger partial charge in [-0.25, -0.2) is 4.98 Å². The van der Waals surface area contributed by atoms with Crippen molar-refractivity contribution in [2.75, 3.05) is 0 Å². The first kappa shape index (κ1) is 13.2. The third-order valence-corrected chi connectivity index (χ3v) is 3.85. The Morgan fingerprint density at radius 2 is 1.78 bits per heavy atom. The fraction of sp³-hybridized carbons (Fsp3) is 0.400. The van der Waals surface area contributed by atoms with Gasteiger partial charge in [0.05, 0.1) is 5.69 Å². The third kappa shape index (κ3) is 2.79. The fourth-order valence-corrected chi connectivity index (χ4v) is 2.69. The van der Waals surface area contributed by atoms with Crippen molar-refractivity contribution in [1.29, 1.82) is 0 Å². The van der Waals surface area contributed by atoms with Gasteiger partial charge in [-0.15, -0.1) is 11.3 Å². The minimum Gasteiger partial charge on any atom is -0.384 e. The van der Waals surface area contributed by atoms with Crippen molar-refractivity contribution in [3.8, 4) is 10.6 Å². The zero-order valence-electron chi connectivity index (χ0n) is 11.3. The summed E-state index contributed by atoms with van der Waals surface area (Å²) in [6.07, 6.45) is 0. The molecular weight excluding hydrogens is 242 g/mol. The summed E-state index contributed by atoms with van der Waals surface area (Å²) in [6, 6.07) is 8.49. The SMILES string of the molecule is CC(C)c1ccc(-c2nc(C(C)(C)O)cs2)cc1. The van der Waals surface area contributed by atoms with Crippen molar-refractivity contribution in [1.82, 2.24) is 4.98 Å². The van der Waals surface area contributed by atoms with E-state index < -0.39 is 5.60 Å². The zero-order chi connectivity index (χ0) is 13.3. The third-order valence-electron chi connectivity index (χ3n) is 2.96. The molecule has 0 aliphatic carbocycles. The molecule has 0 spiro atoms. The minimum absolute atomic E-state index is 0.544. The number of thiazole rings is 1. The molecule has 2 rings (SSSR count). The van der Waals surface area contributed by atoms with Gasteiger partial charge in [0.1, 0.15) is 10.6 Å². The van der Waals surface area contributed by atoms with E-state index in [1.807, 2.05) is 5.38 Å². The molecule has 1 N–H and O–H groups in total. The topological polar surface area (TPSA) is 33.1 Å². The largest absolute Gasteiger partial charge is 0.384 e. The molecule has 0 unspecified atom stereocenters. The van der Waals surface area contributed by atoms with Crippen LogP contribution in [0.1, 0.15) is 44.9 Å². The molecule has 0 bridgehead atoms. The van der Waals surface area contributed by atoms with Crippen LogP contribution in [0.5, 0.6) is 0 Å². The lowest BCUT2D eigenvalue weighted by Gasteiger charge is -2.13. The standard InChI is InChI=1S/C15H19NOS/c1-10(2)11-5-7-12(8-6-11)14-16-13(9-18-14)15(3,4)17/h5-10,17H,1-4H3. The minimum atomic E-state index is -0.868. The molecule has 0 radical (unpaired) electrons. The van der Waals surface area contributed by atoms with Crippen molar-refractivity contribution in [3.05, 3.63) is 40.9 Å². The lowest BCUT2D eigenvalue weighted by atomic mass is 10.0. The first-order valence-electron chi connectivity index (χ1n) is 6.16. The summed E-state index contributed by atoms with van der Waals surface area (Å²) in [5.41, 5.74) is 2.31. The Bertz CT molecular complexity index is 520.